The van der Waals surface area contributed by atoms with E-state index in [-0.39, 0.29) is 5.60 Å². The zero-order chi connectivity index (χ0) is 9.15. The maximum atomic E-state index is 6.10. The Balaban J connectivity index is 1.95. The van der Waals surface area contributed by atoms with E-state index in [9.17, 15) is 0 Å². The molecule has 76 valence electrons. The molecule has 0 aliphatic carbocycles. The molecular weight excluding hydrogens is 164 g/mol. The maximum Gasteiger partial charge on any atom is 0.0711 e. The molecule has 0 aromatic heterocycles. The first-order valence-corrected chi connectivity index (χ1v) is 5.43. The number of rotatable bonds is 1. The van der Waals surface area contributed by atoms with Gasteiger partial charge in [-0.05, 0) is 45.2 Å². The topological polar surface area (TPSA) is 47.3 Å². The lowest BCUT2D eigenvalue weighted by Crippen LogP contribution is -2.49. The molecule has 3 heteroatoms. The third-order valence-electron chi connectivity index (χ3n) is 3.35. The Bertz CT molecular complexity index is 161. The highest BCUT2D eigenvalue weighted by atomic mass is 16.5. The number of nitrogens with one attached hydrogen (secondary N) is 1. The van der Waals surface area contributed by atoms with Gasteiger partial charge in [-0.1, -0.05) is 0 Å². The van der Waals surface area contributed by atoms with Crippen LogP contribution >= 0.6 is 0 Å². The highest BCUT2D eigenvalue weighted by Crippen LogP contribution is 2.35. The second-order valence-corrected chi connectivity index (χ2v) is 4.30. The molecule has 2 fully saturated rings. The van der Waals surface area contributed by atoms with Crippen molar-refractivity contribution in [3.8, 4) is 0 Å². The summed E-state index contributed by atoms with van der Waals surface area (Å²) in [4.78, 5) is 0. The molecule has 1 atom stereocenters. The van der Waals surface area contributed by atoms with E-state index in [4.69, 9.17) is 10.5 Å². The molecule has 0 aromatic rings. The van der Waals surface area contributed by atoms with E-state index in [0.717, 1.165) is 19.5 Å². The van der Waals surface area contributed by atoms with Crippen LogP contribution in [-0.4, -0.2) is 31.3 Å². The Morgan fingerprint density at radius 1 is 1.31 bits per heavy atom. The lowest BCUT2D eigenvalue weighted by Gasteiger charge is -2.43. The summed E-state index contributed by atoms with van der Waals surface area (Å²) in [7, 11) is 0. The summed E-state index contributed by atoms with van der Waals surface area (Å²) in [5.74, 6) is 0. The first-order valence-electron chi connectivity index (χ1n) is 5.43. The molecule has 2 rings (SSSR count). The second-order valence-electron chi connectivity index (χ2n) is 4.30. The van der Waals surface area contributed by atoms with E-state index in [1.54, 1.807) is 0 Å². The molecule has 2 heterocycles. The van der Waals surface area contributed by atoms with Crippen molar-refractivity contribution in [2.45, 2.75) is 43.8 Å². The van der Waals surface area contributed by atoms with Crippen LogP contribution in [0.15, 0.2) is 0 Å². The van der Waals surface area contributed by atoms with Crippen molar-refractivity contribution in [1.82, 2.24) is 5.32 Å². The minimum Gasteiger partial charge on any atom is -0.370 e. The number of hydrogen-bond acceptors (Lipinski definition) is 3. The largest absolute Gasteiger partial charge is 0.370 e. The third kappa shape index (κ3) is 2.03. The smallest absolute Gasteiger partial charge is 0.0711 e. The lowest BCUT2D eigenvalue weighted by atomic mass is 9.84. The molecule has 2 saturated heterocycles. The van der Waals surface area contributed by atoms with Crippen molar-refractivity contribution in [3.05, 3.63) is 0 Å². The molecule has 1 unspecified atom stereocenters. The van der Waals surface area contributed by atoms with Crippen LogP contribution in [0.4, 0.5) is 0 Å². The molecule has 2 aliphatic heterocycles. The first-order chi connectivity index (χ1) is 6.35. The van der Waals surface area contributed by atoms with Gasteiger partial charge in [-0.3, -0.25) is 0 Å². The number of nitrogens with two attached hydrogens (primary N) is 1. The predicted molar refractivity (Wildman–Crippen MR) is 52.6 cm³/mol. The fourth-order valence-electron chi connectivity index (χ4n) is 2.54. The van der Waals surface area contributed by atoms with Gasteiger partial charge in [-0.25, -0.2) is 0 Å². The Labute approximate surface area is 80.0 Å². The Kier molecular flexibility index (Phi) is 2.86. The van der Waals surface area contributed by atoms with Gasteiger partial charge in [-0.2, -0.15) is 0 Å². The molecule has 0 bridgehead atoms. The van der Waals surface area contributed by atoms with E-state index < -0.39 is 0 Å². The van der Waals surface area contributed by atoms with Gasteiger partial charge in [0, 0.05) is 6.54 Å². The van der Waals surface area contributed by atoms with E-state index in [1.807, 2.05) is 0 Å². The highest BCUT2D eigenvalue weighted by molar-refractivity contribution is 4.90. The highest BCUT2D eigenvalue weighted by Gasteiger charge is 2.37. The Morgan fingerprint density at radius 2 is 2.08 bits per heavy atom. The van der Waals surface area contributed by atoms with Gasteiger partial charge in [0.25, 0.3) is 0 Å². The van der Waals surface area contributed by atoms with Crippen LogP contribution in [0.2, 0.25) is 0 Å². The quantitative estimate of drug-likeness (QED) is 0.628. The fraction of sp³-hybridized carbons (Fsp3) is 1.00. The van der Waals surface area contributed by atoms with Gasteiger partial charge in [0.05, 0.1) is 11.7 Å². The van der Waals surface area contributed by atoms with Crippen molar-refractivity contribution < 1.29 is 4.74 Å². The normalized spacial score (nSPS) is 33.5. The van der Waals surface area contributed by atoms with Crippen molar-refractivity contribution in [3.63, 3.8) is 0 Å². The van der Waals surface area contributed by atoms with Gasteiger partial charge in [0.15, 0.2) is 0 Å². The molecule has 3 N–H and O–H groups in total. The van der Waals surface area contributed by atoms with Crippen LogP contribution in [0.25, 0.3) is 0 Å². The van der Waals surface area contributed by atoms with Gasteiger partial charge in [0.2, 0.25) is 0 Å². The van der Waals surface area contributed by atoms with E-state index >= 15 is 0 Å². The zero-order valence-electron chi connectivity index (χ0n) is 8.22. The third-order valence-corrected chi connectivity index (χ3v) is 3.35. The SMILES string of the molecule is NCC1CCCC2(CCNCC2)O1. The number of piperidine rings is 1. The molecule has 1 spiro atoms. The molecule has 0 radical (unpaired) electrons. The summed E-state index contributed by atoms with van der Waals surface area (Å²) >= 11 is 0. The maximum absolute atomic E-state index is 6.10. The molecule has 13 heavy (non-hydrogen) atoms. The average Bonchev–Trinajstić information content (AvgIpc) is 2.19. The second kappa shape index (κ2) is 3.95. The minimum absolute atomic E-state index is 0.188. The van der Waals surface area contributed by atoms with Gasteiger partial charge in [0.1, 0.15) is 0 Å². The van der Waals surface area contributed by atoms with Crippen molar-refractivity contribution >= 4 is 0 Å². The molecular formula is C10H20N2O. The van der Waals surface area contributed by atoms with Gasteiger partial charge >= 0.3 is 0 Å². The Morgan fingerprint density at radius 3 is 2.77 bits per heavy atom. The van der Waals surface area contributed by atoms with Crippen LogP contribution in [0, 0.1) is 0 Å². The molecule has 0 saturated carbocycles. The average molecular weight is 184 g/mol. The van der Waals surface area contributed by atoms with Crippen LogP contribution in [-0.2, 0) is 4.74 Å². The summed E-state index contributed by atoms with van der Waals surface area (Å²) in [6, 6.07) is 0. The summed E-state index contributed by atoms with van der Waals surface area (Å²) in [5, 5.41) is 3.38. The monoisotopic (exact) mass is 184 g/mol. The van der Waals surface area contributed by atoms with Crippen LogP contribution in [0.3, 0.4) is 0 Å². The van der Waals surface area contributed by atoms with Crippen LogP contribution in [0.5, 0.6) is 0 Å². The molecule has 2 aliphatic rings. The summed E-state index contributed by atoms with van der Waals surface area (Å²) in [6.45, 7) is 2.91. The van der Waals surface area contributed by atoms with Crippen molar-refractivity contribution in [2.24, 2.45) is 5.73 Å². The standard InChI is InChI=1S/C10H20N2O/c11-8-9-2-1-3-10(13-9)4-6-12-7-5-10/h9,12H,1-8,11H2. The minimum atomic E-state index is 0.188. The fourth-order valence-corrected chi connectivity index (χ4v) is 2.54. The van der Waals surface area contributed by atoms with Gasteiger partial charge in [-0.15, -0.1) is 0 Å². The molecule has 3 nitrogen and oxygen atoms in total. The zero-order valence-corrected chi connectivity index (χ0v) is 8.22. The molecule has 0 aromatic carbocycles. The Hall–Kier alpha value is -0.120. The summed E-state index contributed by atoms with van der Waals surface area (Å²) in [6.07, 6.45) is 6.36. The van der Waals surface area contributed by atoms with Crippen molar-refractivity contribution in [1.29, 1.82) is 0 Å². The van der Waals surface area contributed by atoms with Crippen LogP contribution < -0.4 is 11.1 Å². The van der Waals surface area contributed by atoms with E-state index in [0.29, 0.717) is 12.6 Å². The predicted octanol–water partition coefficient (Wildman–Crippen LogP) is 0.636. The molecule has 0 amide bonds. The first kappa shape index (κ1) is 9.44. The number of ether oxygens (including phenoxy) is 1. The lowest BCUT2D eigenvalue weighted by molar-refractivity contribution is -0.138. The summed E-state index contributed by atoms with van der Waals surface area (Å²) in [5.41, 5.74) is 5.84. The van der Waals surface area contributed by atoms with E-state index in [2.05, 4.69) is 5.32 Å². The summed E-state index contributed by atoms with van der Waals surface area (Å²) < 4.78 is 6.10. The van der Waals surface area contributed by atoms with Crippen LogP contribution in [0.1, 0.15) is 32.1 Å². The number of hydrogen-bond donors (Lipinski definition) is 2. The van der Waals surface area contributed by atoms with Crippen molar-refractivity contribution in [2.75, 3.05) is 19.6 Å². The van der Waals surface area contributed by atoms with Gasteiger partial charge < -0.3 is 15.8 Å². The van der Waals surface area contributed by atoms with E-state index in [1.165, 1.54) is 25.7 Å².